The van der Waals surface area contributed by atoms with Gasteiger partial charge in [0.1, 0.15) is 0 Å². The molecule has 2 N–H and O–H groups in total. The molecule has 5 aliphatic rings. The van der Waals surface area contributed by atoms with Gasteiger partial charge < -0.3 is 10.4 Å². The van der Waals surface area contributed by atoms with Crippen LogP contribution >= 0.6 is 23.5 Å². The molecule has 1 aliphatic carbocycles. The number of fused-ring (bicyclic) bond motifs is 2. The summed E-state index contributed by atoms with van der Waals surface area (Å²) in [5.41, 5.74) is 4.78. The lowest BCUT2D eigenvalue weighted by molar-refractivity contribution is 0.0629. The fraction of sp³-hybridized carbons (Fsp3) is 0.619. The largest absolute Gasteiger partial charge is 0.392 e. The Labute approximate surface area is 164 Å². The van der Waals surface area contributed by atoms with E-state index in [9.17, 15) is 5.11 Å². The van der Waals surface area contributed by atoms with Gasteiger partial charge in [0, 0.05) is 47.2 Å². The summed E-state index contributed by atoms with van der Waals surface area (Å²) >= 11 is 4.37. The molecule has 3 saturated heterocycles. The number of anilines is 1. The molecular formula is C21H26N2OS2. The third-order valence-electron chi connectivity index (χ3n) is 7.65. The molecule has 1 aromatic carbocycles. The van der Waals surface area contributed by atoms with E-state index in [0.29, 0.717) is 33.9 Å². The molecule has 4 heterocycles. The van der Waals surface area contributed by atoms with Crippen LogP contribution in [-0.4, -0.2) is 57.9 Å². The first-order chi connectivity index (χ1) is 12.8. The fourth-order valence-corrected chi connectivity index (χ4v) is 10.1. The smallest absolute Gasteiger partial charge is 0.0615 e. The number of thioether (sulfide) groups is 2. The van der Waals surface area contributed by atoms with E-state index >= 15 is 0 Å². The molecule has 0 aromatic heterocycles. The van der Waals surface area contributed by atoms with Crippen molar-refractivity contribution in [1.29, 1.82) is 0 Å². The number of aliphatic hydroxyl groups excluding tert-OH is 1. The third-order valence-corrected chi connectivity index (χ3v) is 10.9. The van der Waals surface area contributed by atoms with Gasteiger partial charge in [0.25, 0.3) is 0 Å². The number of nitrogens with one attached hydrogen (secondary N) is 1. The summed E-state index contributed by atoms with van der Waals surface area (Å²) in [4.78, 5) is 2.72. The van der Waals surface area contributed by atoms with Crippen molar-refractivity contribution in [3.8, 4) is 0 Å². The van der Waals surface area contributed by atoms with Crippen molar-refractivity contribution >= 4 is 29.2 Å². The number of para-hydroxylation sites is 1. The lowest BCUT2D eigenvalue weighted by Gasteiger charge is -2.56. The van der Waals surface area contributed by atoms with Crippen molar-refractivity contribution in [2.24, 2.45) is 11.8 Å². The highest BCUT2D eigenvalue weighted by molar-refractivity contribution is 8.20. The average molecular weight is 387 g/mol. The van der Waals surface area contributed by atoms with Gasteiger partial charge in [0.05, 0.1) is 11.2 Å². The highest BCUT2D eigenvalue weighted by Gasteiger charge is 2.66. The Morgan fingerprint density at radius 3 is 2.96 bits per heavy atom. The lowest BCUT2D eigenvalue weighted by Crippen LogP contribution is -2.63. The van der Waals surface area contributed by atoms with E-state index in [2.05, 4.69) is 64.1 Å². The van der Waals surface area contributed by atoms with Gasteiger partial charge in [0.2, 0.25) is 0 Å². The van der Waals surface area contributed by atoms with E-state index < -0.39 is 0 Å². The van der Waals surface area contributed by atoms with Crippen molar-refractivity contribution in [3.63, 3.8) is 0 Å². The van der Waals surface area contributed by atoms with Gasteiger partial charge in [-0.1, -0.05) is 29.8 Å². The van der Waals surface area contributed by atoms with Crippen LogP contribution in [0.15, 0.2) is 35.9 Å². The lowest BCUT2D eigenvalue weighted by atomic mass is 9.56. The highest BCUT2D eigenvalue weighted by Crippen LogP contribution is 2.63. The van der Waals surface area contributed by atoms with Crippen LogP contribution in [0, 0.1) is 11.8 Å². The second kappa shape index (κ2) is 5.94. The van der Waals surface area contributed by atoms with E-state index in [1.165, 1.54) is 42.2 Å². The summed E-state index contributed by atoms with van der Waals surface area (Å²) in [7, 11) is 0. The standard InChI is InChI=1S/C21H26N2OS2/c24-8-5-13-12-23-7-6-21-15-3-1-2-4-16(15)22-19(21)18(14(13)11-17(21)23)20-25-9-10-26-20/h1-5,14,17-20,22,24H,6-12H2/b13-5-/t14-,17-,18+,19-,21+/m0/s1. The number of hydrogen-bond donors (Lipinski definition) is 2. The second-order valence-electron chi connectivity index (χ2n) is 8.44. The molecule has 1 spiro atoms. The maximum atomic E-state index is 9.64. The molecule has 0 radical (unpaired) electrons. The molecule has 0 amide bonds. The Kier molecular flexibility index (Phi) is 3.73. The van der Waals surface area contributed by atoms with Crippen LogP contribution < -0.4 is 5.32 Å². The van der Waals surface area contributed by atoms with Crippen LogP contribution in [0.25, 0.3) is 0 Å². The number of hydrogen-bond acceptors (Lipinski definition) is 5. The number of benzene rings is 1. The van der Waals surface area contributed by atoms with Gasteiger partial charge in [0.15, 0.2) is 0 Å². The summed E-state index contributed by atoms with van der Waals surface area (Å²) in [6, 6.07) is 10.3. The maximum Gasteiger partial charge on any atom is 0.0615 e. The molecule has 1 saturated carbocycles. The minimum absolute atomic E-state index is 0.186. The number of rotatable bonds is 2. The predicted molar refractivity (Wildman–Crippen MR) is 111 cm³/mol. The van der Waals surface area contributed by atoms with Crippen LogP contribution in [0.2, 0.25) is 0 Å². The van der Waals surface area contributed by atoms with E-state index in [1.54, 1.807) is 5.56 Å². The molecule has 3 nitrogen and oxygen atoms in total. The summed E-state index contributed by atoms with van der Waals surface area (Å²) in [5, 5.41) is 13.7. The molecule has 5 atom stereocenters. The van der Waals surface area contributed by atoms with Gasteiger partial charge in [-0.25, -0.2) is 0 Å². The average Bonchev–Trinajstić information content (AvgIpc) is 3.38. The maximum absolute atomic E-state index is 9.64. The van der Waals surface area contributed by atoms with Crippen LogP contribution in [0.5, 0.6) is 0 Å². The van der Waals surface area contributed by atoms with Crippen molar-refractivity contribution < 1.29 is 5.11 Å². The van der Waals surface area contributed by atoms with Gasteiger partial charge in [-0.2, -0.15) is 0 Å². The molecular weight excluding hydrogens is 360 g/mol. The predicted octanol–water partition coefficient (Wildman–Crippen LogP) is 3.17. The zero-order valence-electron chi connectivity index (χ0n) is 14.9. The molecule has 5 heteroatoms. The summed E-state index contributed by atoms with van der Waals surface area (Å²) in [5.74, 6) is 3.87. The quantitative estimate of drug-likeness (QED) is 0.764. The first kappa shape index (κ1) is 16.3. The van der Waals surface area contributed by atoms with E-state index in [1.807, 2.05) is 0 Å². The normalized spacial score (nSPS) is 42.7. The fourth-order valence-electron chi connectivity index (χ4n) is 6.78. The third kappa shape index (κ3) is 2.01. The Morgan fingerprint density at radius 1 is 1.27 bits per heavy atom. The van der Waals surface area contributed by atoms with Gasteiger partial charge in [-0.3, -0.25) is 4.90 Å². The van der Waals surface area contributed by atoms with Crippen LogP contribution in [0.3, 0.4) is 0 Å². The first-order valence-electron chi connectivity index (χ1n) is 9.96. The summed E-state index contributed by atoms with van der Waals surface area (Å²) in [6.45, 7) is 2.46. The van der Waals surface area contributed by atoms with Gasteiger partial charge >= 0.3 is 0 Å². The molecule has 138 valence electrons. The molecule has 4 aliphatic heterocycles. The van der Waals surface area contributed by atoms with E-state index in [4.69, 9.17) is 0 Å². The molecule has 26 heavy (non-hydrogen) atoms. The summed E-state index contributed by atoms with van der Waals surface area (Å²) in [6.07, 6.45) is 4.69. The molecule has 1 aromatic rings. The minimum Gasteiger partial charge on any atom is -0.392 e. The Hall–Kier alpha value is -0.620. The van der Waals surface area contributed by atoms with Crippen molar-refractivity contribution in [2.45, 2.75) is 34.9 Å². The minimum atomic E-state index is 0.186. The topological polar surface area (TPSA) is 35.5 Å². The van der Waals surface area contributed by atoms with Crippen LogP contribution in [0.4, 0.5) is 5.69 Å². The zero-order chi connectivity index (χ0) is 17.3. The molecule has 2 bridgehead atoms. The Balaban J connectivity index is 1.52. The Bertz CT molecular complexity index is 762. The number of nitrogens with zero attached hydrogens (tertiary/aromatic N) is 1. The van der Waals surface area contributed by atoms with Crippen LogP contribution in [-0.2, 0) is 5.41 Å². The molecule has 6 rings (SSSR count). The number of piperidine rings is 1. The number of aliphatic hydroxyl groups is 1. The molecule has 4 fully saturated rings. The van der Waals surface area contributed by atoms with Crippen molar-refractivity contribution in [3.05, 3.63) is 41.5 Å². The zero-order valence-corrected chi connectivity index (χ0v) is 16.6. The van der Waals surface area contributed by atoms with Crippen LogP contribution in [0.1, 0.15) is 18.4 Å². The van der Waals surface area contributed by atoms with Gasteiger partial charge in [-0.15, -0.1) is 23.5 Å². The second-order valence-corrected chi connectivity index (χ2v) is 11.2. The van der Waals surface area contributed by atoms with E-state index in [-0.39, 0.29) is 6.61 Å². The summed E-state index contributed by atoms with van der Waals surface area (Å²) < 4.78 is 0.693. The van der Waals surface area contributed by atoms with Gasteiger partial charge in [-0.05, 0) is 36.9 Å². The van der Waals surface area contributed by atoms with E-state index in [0.717, 1.165) is 6.54 Å². The van der Waals surface area contributed by atoms with Crippen molar-refractivity contribution in [1.82, 2.24) is 4.90 Å². The van der Waals surface area contributed by atoms with Crippen molar-refractivity contribution in [2.75, 3.05) is 36.5 Å². The first-order valence-corrected chi connectivity index (χ1v) is 12.1. The molecule has 0 unspecified atom stereocenters. The highest BCUT2D eigenvalue weighted by atomic mass is 32.2. The SMILES string of the molecule is OC/C=C1/CN2CC[C@]34c5ccccc5N[C@H]3[C@H](C3SCCS3)[C@H]1C[C@H]24. The Morgan fingerprint density at radius 2 is 2.12 bits per heavy atom. The monoisotopic (exact) mass is 386 g/mol.